The van der Waals surface area contributed by atoms with Crippen molar-refractivity contribution in [3.05, 3.63) is 53.2 Å². The molecule has 2 aliphatic heterocycles. The first-order valence-corrected chi connectivity index (χ1v) is 16.4. The number of nitrogens with one attached hydrogen (secondary N) is 1. The van der Waals surface area contributed by atoms with E-state index in [4.69, 9.17) is 0 Å². The lowest BCUT2D eigenvalue weighted by molar-refractivity contribution is 0.0919. The average Bonchev–Trinajstić information content (AvgIpc) is 2.95. The normalized spacial score (nSPS) is 23.9. The minimum absolute atomic E-state index is 0.0116. The van der Waals surface area contributed by atoms with Crippen LogP contribution in [0.4, 0.5) is 11.5 Å². The second kappa shape index (κ2) is 12.3. The molecule has 0 spiro atoms. The third-order valence-corrected chi connectivity index (χ3v) is 10.6. The van der Waals surface area contributed by atoms with Crippen molar-refractivity contribution in [1.82, 2.24) is 15.2 Å². The van der Waals surface area contributed by atoms with E-state index in [0.717, 1.165) is 63.0 Å². The third-order valence-electron chi connectivity index (χ3n) is 8.99. The number of rotatable bonds is 7. The van der Waals surface area contributed by atoms with Crippen molar-refractivity contribution in [2.45, 2.75) is 52.0 Å². The number of hydrogen-bond donors (Lipinski definition) is 1. The number of benzene rings is 1. The summed E-state index contributed by atoms with van der Waals surface area (Å²) in [5, 5.41) is 3.25. The van der Waals surface area contributed by atoms with Gasteiger partial charge in [-0.25, -0.2) is 13.4 Å². The lowest BCUT2D eigenvalue weighted by Crippen LogP contribution is -2.47. The Morgan fingerprint density at radius 2 is 1.56 bits per heavy atom. The first kappa shape index (κ1) is 27.9. The average molecular weight is 554 g/mol. The number of piperazine rings is 1. The number of hydrogen-bond acceptors (Lipinski definition) is 7. The number of nitrogens with zero attached hydrogens (tertiary/aromatic N) is 4. The Labute approximate surface area is 233 Å². The first-order valence-electron chi connectivity index (χ1n) is 14.5. The fraction of sp³-hybridized carbons (Fsp3) is 0.600. The number of anilines is 2. The first-order chi connectivity index (χ1) is 18.8. The molecular weight excluding hydrogens is 510 g/mol. The van der Waals surface area contributed by atoms with Gasteiger partial charge in [-0.3, -0.25) is 9.69 Å². The molecule has 3 heterocycles. The van der Waals surface area contributed by atoms with Gasteiger partial charge >= 0.3 is 0 Å². The quantitative estimate of drug-likeness (QED) is 0.562. The van der Waals surface area contributed by atoms with Crippen molar-refractivity contribution in [2.24, 2.45) is 5.92 Å². The van der Waals surface area contributed by atoms with Crippen molar-refractivity contribution >= 4 is 27.2 Å². The summed E-state index contributed by atoms with van der Waals surface area (Å²) in [6, 6.07) is 9.91. The van der Waals surface area contributed by atoms with Crippen LogP contribution in [0.25, 0.3) is 0 Å². The lowest BCUT2D eigenvalue weighted by Gasteiger charge is -2.37. The number of aryl methyl sites for hydroxylation is 1. The van der Waals surface area contributed by atoms with Gasteiger partial charge in [0, 0.05) is 62.8 Å². The predicted molar refractivity (Wildman–Crippen MR) is 158 cm³/mol. The van der Waals surface area contributed by atoms with E-state index in [1.54, 1.807) is 0 Å². The number of aromatic nitrogens is 1. The van der Waals surface area contributed by atoms with Crippen molar-refractivity contribution in [3.8, 4) is 0 Å². The molecule has 2 saturated heterocycles. The molecular formula is C30H43N5O3S. The maximum atomic E-state index is 12.8. The van der Waals surface area contributed by atoms with Gasteiger partial charge in [-0.1, -0.05) is 0 Å². The number of carbonyl (C=O) groups excluding carboxylic acids is 1. The minimum atomic E-state index is -2.90. The Morgan fingerprint density at radius 1 is 0.897 bits per heavy atom. The van der Waals surface area contributed by atoms with Crippen LogP contribution in [-0.2, 0) is 9.84 Å². The SMILES string of the molecule is Cc1ccnc(N2CCN(CCC3CCC(NC(=O)c4ccc(N5CCS(=O)(=O)CC5)cc4)CC3)CC2)c1C. The number of pyridine rings is 1. The standard InChI is InChI=1S/C30H43N5O3S/c1-23-11-13-31-29(24(23)2)35-17-15-33(16-18-35)14-12-25-3-7-27(8-4-25)32-30(36)26-5-9-28(10-6-26)34-19-21-39(37,38)22-20-34/h5-6,9-11,13,25,27H,3-4,7-8,12,14-22H2,1-2H3,(H,32,36). The van der Waals surface area contributed by atoms with E-state index in [9.17, 15) is 13.2 Å². The predicted octanol–water partition coefficient (Wildman–Crippen LogP) is 3.43. The van der Waals surface area contributed by atoms with E-state index in [0.29, 0.717) is 18.7 Å². The smallest absolute Gasteiger partial charge is 0.251 e. The summed E-state index contributed by atoms with van der Waals surface area (Å²) in [5.74, 6) is 2.26. The Bertz CT molecular complexity index is 1220. The number of amides is 1. The molecule has 5 rings (SSSR count). The van der Waals surface area contributed by atoms with Crippen LogP contribution in [0, 0.1) is 19.8 Å². The second-order valence-electron chi connectivity index (χ2n) is 11.6. The summed E-state index contributed by atoms with van der Waals surface area (Å²) in [7, 11) is -2.90. The molecule has 9 heteroatoms. The Kier molecular flexibility index (Phi) is 8.76. The van der Waals surface area contributed by atoms with Crippen LogP contribution in [0.3, 0.4) is 0 Å². The van der Waals surface area contributed by atoms with Crippen LogP contribution in [-0.4, -0.2) is 87.6 Å². The van der Waals surface area contributed by atoms with Crippen LogP contribution in [0.1, 0.15) is 53.6 Å². The Morgan fingerprint density at radius 3 is 2.23 bits per heavy atom. The molecule has 3 aliphatic rings. The van der Waals surface area contributed by atoms with Crippen molar-refractivity contribution in [3.63, 3.8) is 0 Å². The Balaban J connectivity index is 1.00. The zero-order valence-electron chi connectivity index (χ0n) is 23.4. The molecule has 0 radical (unpaired) electrons. The van der Waals surface area contributed by atoms with Gasteiger partial charge < -0.3 is 15.1 Å². The topological polar surface area (TPSA) is 85.8 Å². The van der Waals surface area contributed by atoms with E-state index in [1.165, 1.54) is 30.4 Å². The van der Waals surface area contributed by atoms with E-state index in [1.807, 2.05) is 30.5 Å². The fourth-order valence-corrected chi connectivity index (χ4v) is 7.34. The van der Waals surface area contributed by atoms with Gasteiger partial charge in [-0.15, -0.1) is 0 Å². The molecule has 0 bridgehead atoms. The van der Waals surface area contributed by atoms with E-state index < -0.39 is 9.84 Å². The van der Waals surface area contributed by atoms with Crippen LogP contribution in [0.2, 0.25) is 0 Å². The maximum absolute atomic E-state index is 12.8. The third kappa shape index (κ3) is 7.11. The van der Waals surface area contributed by atoms with Crippen LogP contribution in [0.15, 0.2) is 36.5 Å². The number of sulfone groups is 1. The molecule has 0 unspecified atom stereocenters. The highest BCUT2D eigenvalue weighted by Gasteiger charge is 2.26. The van der Waals surface area contributed by atoms with Gasteiger partial charge in [0.15, 0.2) is 9.84 Å². The summed E-state index contributed by atoms with van der Waals surface area (Å²) in [6.07, 6.45) is 7.60. The molecule has 1 aromatic carbocycles. The number of carbonyl (C=O) groups is 1. The molecule has 3 fully saturated rings. The summed E-state index contributed by atoms with van der Waals surface area (Å²) in [5.41, 5.74) is 4.25. The van der Waals surface area contributed by atoms with Gasteiger partial charge in [0.2, 0.25) is 0 Å². The van der Waals surface area contributed by atoms with E-state index >= 15 is 0 Å². The van der Waals surface area contributed by atoms with E-state index in [-0.39, 0.29) is 23.5 Å². The summed E-state index contributed by atoms with van der Waals surface area (Å²) in [4.78, 5) is 24.6. The maximum Gasteiger partial charge on any atom is 0.251 e. The monoisotopic (exact) mass is 553 g/mol. The molecule has 1 saturated carbocycles. The van der Waals surface area contributed by atoms with Gasteiger partial charge in [0.25, 0.3) is 5.91 Å². The summed E-state index contributed by atoms with van der Waals surface area (Å²) >= 11 is 0. The van der Waals surface area contributed by atoms with Crippen molar-refractivity contribution in [1.29, 1.82) is 0 Å². The van der Waals surface area contributed by atoms with E-state index in [2.05, 4.69) is 44.9 Å². The molecule has 2 aromatic rings. The second-order valence-corrected chi connectivity index (χ2v) is 13.9. The van der Waals surface area contributed by atoms with Gasteiger partial charge in [-0.2, -0.15) is 0 Å². The molecule has 8 nitrogen and oxygen atoms in total. The zero-order chi connectivity index (χ0) is 27.4. The van der Waals surface area contributed by atoms with Crippen molar-refractivity contribution < 1.29 is 13.2 Å². The molecule has 1 N–H and O–H groups in total. The molecule has 0 atom stereocenters. The molecule has 1 aliphatic carbocycles. The van der Waals surface area contributed by atoms with Crippen LogP contribution >= 0.6 is 0 Å². The minimum Gasteiger partial charge on any atom is -0.369 e. The Hall–Kier alpha value is -2.65. The molecule has 39 heavy (non-hydrogen) atoms. The van der Waals surface area contributed by atoms with Gasteiger partial charge in [-0.05, 0) is 99.9 Å². The molecule has 1 amide bonds. The van der Waals surface area contributed by atoms with Gasteiger partial charge in [0.05, 0.1) is 11.5 Å². The van der Waals surface area contributed by atoms with Crippen LogP contribution in [0.5, 0.6) is 0 Å². The molecule has 1 aromatic heterocycles. The fourth-order valence-electron chi connectivity index (χ4n) is 6.14. The molecule has 212 valence electrons. The summed E-state index contributed by atoms with van der Waals surface area (Å²) < 4.78 is 23.4. The van der Waals surface area contributed by atoms with Crippen molar-refractivity contribution in [2.75, 3.05) is 67.1 Å². The highest BCUT2D eigenvalue weighted by molar-refractivity contribution is 7.91. The summed E-state index contributed by atoms with van der Waals surface area (Å²) in [6.45, 7) is 10.8. The highest BCUT2D eigenvalue weighted by atomic mass is 32.2. The largest absolute Gasteiger partial charge is 0.369 e. The highest BCUT2D eigenvalue weighted by Crippen LogP contribution is 2.28. The van der Waals surface area contributed by atoms with Gasteiger partial charge in [0.1, 0.15) is 5.82 Å². The lowest BCUT2D eigenvalue weighted by atomic mass is 9.84. The zero-order valence-corrected chi connectivity index (χ0v) is 24.3. The van der Waals surface area contributed by atoms with Crippen LogP contribution < -0.4 is 15.1 Å².